The highest BCUT2D eigenvalue weighted by molar-refractivity contribution is 7.07. The molecule has 0 spiro atoms. The second-order valence-electron chi connectivity index (χ2n) is 6.34. The van der Waals surface area contributed by atoms with Crippen LogP contribution in [0.15, 0.2) is 29.1 Å². The molecule has 0 aliphatic carbocycles. The Morgan fingerprint density at radius 3 is 2.47 bits per heavy atom. The van der Waals surface area contributed by atoms with Crippen molar-refractivity contribution in [3.63, 3.8) is 0 Å². The predicted octanol–water partition coefficient (Wildman–Crippen LogP) is 1.76. The first-order chi connectivity index (χ1) is 14.4. The Labute approximate surface area is 178 Å². The third-order valence-electron chi connectivity index (χ3n) is 4.02. The molecule has 0 aliphatic rings. The van der Waals surface area contributed by atoms with Crippen molar-refractivity contribution in [3.05, 3.63) is 43.8 Å². The normalized spacial score (nSPS) is 12.1. The maximum atomic E-state index is 12.9. The zero-order chi connectivity index (χ0) is 22.1. The number of amides is 1. The number of aromatic nitrogens is 1. The molecule has 0 fully saturated rings. The molecule has 0 atom stereocenters. The Balaban J connectivity index is 2.47. The summed E-state index contributed by atoms with van der Waals surface area (Å²) in [7, 11) is 0. The summed E-state index contributed by atoms with van der Waals surface area (Å²) in [6.07, 6.45) is 3.15. The molecule has 1 aromatic carbocycles. The van der Waals surface area contributed by atoms with Gasteiger partial charge in [0.05, 0.1) is 6.61 Å². The number of nitrogens with one attached hydrogen (secondary N) is 2. The molecule has 30 heavy (non-hydrogen) atoms. The molecule has 158 valence electrons. The second kappa shape index (κ2) is 11.0. The summed E-state index contributed by atoms with van der Waals surface area (Å²) in [4.78, 5) is 36.1. The first-order valence-corrected chi connectivity index (χ1v) is 10.4. The monoisotopic (exact) mass is 428 g/mol. The van der Waals surface area contributed by atoms with Crippen LogP contribution in [0.5, 0.6) is 0 Å². The van der Waals surface area contributed by atoms with E-state index in [4.69, 9.17) is 4.74 Å². The number of unbranched alkanes of at least 4 members (excludes halogenated alkanes) is 1. The molecule has 1 amide bonds. The maximum Gasteiger partial charge on any atom is 0.351 e. The number of thiazole rings is 1. The average molecular weight is 429 g/mol. The topological polar surface area (TPSA) is 113 Å². The quantitative estimate of drug-likeness (QED) is 0.620. The van der Waals surface area contributed by atoms with Gasteiger partial charge in [-0.25, -0.2) is 4.79 Å². The van der Waals surface area contributed by atoms with Crippen LogP contribution < -0.4 is 25.4 Å². The number of hydrogen-bond donors (Lipinski definition) is 2. The third kappa shape index (κ3) is 5.81. The zero-order valence-electron chi connectivity index (χ0n) is 17.2. The summed E-state index contributed by atoms with van der Waals surface area (Å²) in [6, 6.07) is 8.87. The molecule has 2 aromatic rings. The first kappa shape index (κ1) is 22.9. The Bertz CT molecular complexity index is 1120. The highest BCUT2D eigenvalue weighted by Crippen LogP contribution is 2.13. The fourth-order valence-electron chi connectivity index (χ4n) is 2.61. The number of nitrogens with zero attached hydrogens (tertiary/aromatic N) is 2. The van der Waals surface area contributed by atoms with Crippen molar-refractivity contribution in [1.29, 1.82) is 5.26 Å². The molecule has 8 nitrogen and oxygen atoms in total. The molecule has 2 rings (SSSR count). The van der Waals surface area contributed by atoms with Crippen molar-refractivity contribution < 1.29 is 14.3 Å². The summed E-state index contributed by atoms with van der Waals surface area (Å²) in [5.74, 6) is -0.897. The predicted molar refractivity (Wildman–Crippen MR) is 117 cm³/mol. The van der Waals surface area contributed by atoms with Crippen molar-refractivity contribution in [2.24, 2.45) is 0 Å². The van der Waals surface area contributed by atoms with Gasteiger partial charge in [0.2, 0.25) is 5.91 Å². The van der Waals surface area contributed by atoms with Gasteiger partial charge in [0.25, 0.3) is 5.56 Å². The van der Waals surface area contributed by atoms with E-state index >= 15 is 0 Å². The first-order valence-electron chi connectivity index (χ1n) is 9.56. The average Bonchev–Trinajstić information content (AvgIpc) is 3.01. The SMILES string of the molecule is CCCCn1c(=O)/c(=C\Nc2ccc(NC(C)=O)cc2)s/c1=C(/C#N)C(=O)OCC. The molecule has 0 radical (unpaired) electrons. The van der Waals surface area contributed by atoms with Crippen LogP contribution in [0.4, 0.5) is 11.4 Å². The van der Waals surface area contributed by atoms with Crippen LogP contribution in [-0.2, 0) is 20.9 Å². The van der Waals surface area contributed by atoms with Crippen molar-refractivity contribution in [2.75, 3.05) is 17.2 Å². The van der Waals surface area contributed by atoms with Crippen LogP contribution in [-0.4, -0.2) is 23.1 Å². The van der Waals surface area contributed by atoms with E-state index in [0.29, 0.717) is 27.1 Å². The van der Waals surface area contributed by atoms with Gasteiger partial charge in [-0.1, -0.05) is 13.3 Å². The summed E-state index contributed by atoms with van der Waals surface area (Å²) in [6.45, 7) is 5.64. The van der Waals surface area contributed by atoms with Crippen LogP contribution in [0.3, 0.4) is 0 Å². The maximum absolute atomic E-state index is 12.9. The number of benzene rings is 1. The number of anilines is 2. The van der Waals surface area contributed by atoms with Gasteiger partial charge >= 0.3 is 5.97 Å². The second-order valence-corrected chi connectivity index (χ2v) is 7.37. The minimum atomic E-state index is -0.737. The Morgan fingerprint density at radius 2 is 1.90 bits per heavy atom. The van der Waals surface area contributed by atoms with Gasteiger partial charge in [-0.05, 0) is 37.6 Å². The summed E-state index contributed by atoms with van der Waals surface area (Å²) < 4.78 is 7.08. The fourth-order valence-corrected chi connectivity index (χ4v) is 3.65. The zero-order valence-corrected chi connectivity index (χ0v) is 18.0. The highest BCUT2D eigenvalue weighted by atomic mass is 32.1. The van der Waals surface area contributed by atoms with E-state index in [1.807, 2.05) is 13.0 Å². The van der Waals surface area contributed by atoms with Crippen molar-refractivity contribution in [1.82, 2.24) is 4.57 Å². The number of rotatable bonds is 8. The van der Waals surface area contributed by atoms with E-state index in [2.05, 4.69) is 10.6 Å². The van der Waals surface area contributed by atoms with Crippen LogP contribution >= 0.6 is 11.3 Å². The van der Waals surface area contributed by atoms with E-state index < -0.39 is 5.97 Å². The molecule has 0 aliphatic heterocycles. The van der Waals surface area contributed by atoms with Gasteiger partial charge in [-0.15, -0.1) is 11.3 Å². The molecular formula is C21H24N4O4S. The lowest BCUT2D eigenvalue weighted by Crippen LogP contribution is -2.33. The number of carbonyl (C=O) groups is 2. The summed E-state index contributed by atoms with van der Waals surface area (Å²) >= 11 is 1.07. The lowest BCUT2D eigenvalue weighted by Gasteiger charge is -2.03. The largest absolute Gasteiger partial charge is 0.462 e. The molecule has 0 saturated heterocycles. The van der Waals surface area contributed by atoms with Crippen molar-refractivity contribution >= 4 is 46.4 Å². The number of carbonyl (C=O) groups excluding carboxylic acids is 2. The number of hydrogen-bond acceptors (Lipinski definition) is 7. The van der Waals surface area contributed by atoms with Gasteiger partial charge in [0.1, 0.15) is 15.3 Å². The Hall–Kier alpha value is -3.38. The standard InChI is InChI=1S/C21H24N4O4S/c1-4-6-11-25-19(27)18(30-20(25)17(12-22)21(28)29-5-2)13-23-15-7-9-16(10-8-15)24-14(3)26/h7-10,13,23H,4-6,11H2,1-3H3,(H,24,26)/b18-13+,20-17-. The molecule has 0 unspecified atom stereocenters. The van der Waals surface area contributed by atoms with Crippen LogP contribution in [0.1, 0.15) is 33.6 Å². The van der Waals surface area contributed by atoms with Crippen molar-refractivity contribution in [3.8, 4) is 6.07 Å². The molecule has 2 N–H and O–H groups in total. The van der Waals surface area contributed by atoms with Gasteiger partial charge < -0.3 is 15.4 Å². The smallest absolute Gasteiger partial charge is 0.351 e. The van der Waals surface area contributed by atoms with Crippen LogP contribution in [0.2, 0.25) is 0 Å². The lowest BCUT2D eigenvalue weighted by atomic mass is 10.3. The van der Waals surface area contributed by atoms with E-state index in [1.54, 1.807) is 37.4 Å². The van der Waals surface area contributed by atoms with Gasteiger partial charge in [-0.2, -0.15) is 5.26 Å². The van der Waals surface area contributed by atoms with Gasteiger partial charge in [0.15, 0.2) is 5.57 Å². The van der Waals surface area contributed by atoms with Crippen LogP contribution in [0.25, 0.3) is 11.8 Å². The van der Waals surface area contributed by atoms with E-state index in [-0.39, 0.29) is 23.6 Å². The minimum absolute atomic E-state index is 0.142. The molecule has 0 saturated carbocycles. The molecule has 0 bridgehead atoms. The van der Waals surface area contributed by atoms with E-state index in [1.165, 1.54) is 11.5 Å². The number of ether oxygens (including phenoxy) is 1. The van der Waals surface area contributed by atoms with Gasteiger partial charge in [0, 0.05) is 31.0 Å². The van der Waals surface area contributed by atoms with Crippen molar-refractivity contribution in [2.45, 2.75) is 40.2 Å². The minimum Gasteiger partial charge on any atom is -0.462 e. The fraction of sp³-hybridized carbons (Fsp3) is 0.333. The number of esters is 1. The summed E-state index contributed by atoms with van der Waals surface area (Å²) in [5, 5.41) is 15.2. The lowest BCUT2D eigenvalue weighted by molar-refractivity contribution is -0.136. The molecule has 9 heteroatoms. The number of nitriles is 1. The van der Waals surface area contributed by atoms with E-state index in [9.17, 15) is 19.6 Å². The van der Waals surface area contributed by atoms with Gasteiger partial charge in [-0.3, -0.25) is 14.2 Å². The van der Waals surface area contributed by atoms with E-state index in [0.717, 1.165) is 24.2 Å². The van der Waals surface area contributed by atoms with Crippen LogP contribution in [0, 0.1) is 11.3 Å². The Morgan fingerprint density at radius 1 is 1.23 bits per heavy atom. The molecule has 1 heterocycles. The molecule has 1 aromatic heterocycles. The summed E-state index contributed by atoms with van der Waals surface area (Å²) in [5.41, 5.74) is 0.932. The third-order valence-corrected chi connectivity index (χ3v) is 5.15. The highest BCUT2D eigenvalue weighted by Gasteiger charge is 2.16. The molecular weight excluding hydrogens is 404 g/mol. The Kier molecular flexibility index (Phi) is 8.38.